The van der Waals surface area contributed by atoms with Gasteiger partial charge in [-0.15, -0.1) is 10.2 Å². The van der Waals surface area contributed by atoms with Crippen molar-refractivity contribution in [2.24, 2.45) is 0 Å². The van der Waals surface area contributed by atoms with Gasteiger partial charge in [-0.1, -0.05) is 0 Å². The van der Waals surface area contributed by atoms with Crippen molar-refractivity contribution >= 4 is 23.3 Å². The molecule has 0 spiro atoms. The summed E-state index contributed by atoms with van der Waals surface area (Å²) in [5.41, 5.74) is 0.245. The van der Waals surface area contributed by atoms with Crippen LogP contribution in [0.2, 0.25) is 0 Å². The first-order valence-corrected chi connectivity index (χ1v) is 12.1. The third-order valence-corrected chi connectivity index (χ3v) is 6.47. The second-order valence-corrected chi connectivity index (χ2v) is 9.67. The van der Waals surface area contributed by atoms with E-state index in [-0.39, 0.29) is 35.0 Å². The van der Waals surface area contributed by atoms with E-state index in [1.165, 1.54) is 23.2 Å². The molecule has 0 radical (unpaired) electrons. The van der Waals surface area contributed by atoms with Crippen LogP contribution in [0, 0.1) is 11.6 Å². The number of nitrogens with one attached hydrogen (secondary N) is 1. The molecular weight excluding hydrogens is 512 g/mol. The predicted molar refractivity (Wildman–Crippen MR) is 134 cm³/mol. The molecule has 1 N–H and O–H groups in total. The van der Waals surface area contributed by atoms with Crippen molar-refractivity contribution in [3.8, 4) is 11.6 Å². The number of hydrogen-bond donors (Lipinski definition) is 1. The van der Waals surface area contributed by atoms with Crippen LogP contribution in [-0.4, -0.2) is 82.6 Å². The Bertz CT molecular complexity index is 1530. The maximum absolute atomic E-state index is 13.8. The molecule has 39 heavy (non-hydrogen) atoms. The summed E-state index contributed by atoms with van der Waals surface area (Å²) >= 11 is 0. The van der Waals surface area contributed by atoms with Gasteiger partial charge < -0.3 is 15.0 Å². The number of anilines is 1. The largest absolute Gasteiger partial charge is 0.434 e. The molecule has 5 rings (SSSR count). The van der Waals surface area contributed by atoms with Gasteiger partial charge >= 0.3 is 0 Å². The molecule has 0 unspecified atom stereocenters. The van der Waals surface area contributed by atoms with Crippen LogP contribution in [0.4, 0.5) is 14.6 Å². The van der Waals surface area contributed by atoms with E-state index in [9.17, 15) is 18.4 Å². The zero-order chi connectivity index (χ0) is 27.7. The van der Waals surface area contributed by atoms with Crippen molar-refractivity contribution in [3.05, 3.63) is 66.4 Å². The van der Waals surface area contributed by atoms with E-state index in [1.54, 1.807) is 24.0 Å². The van der Waals surface area contributed by atoms with E-state index < -0.39 is 23.2 Å². The van der Waals surface area contributed by atoms with Crippen LogP contribution in [0.25, 0.3) is 5.65 Å². The zero-order valence-corrected chi connectivity index (χ0v) is 21.4. The highest BCUT2D eigenvalue weighted by molar-refractivity contribution is 5.94. The topological polar surface area (TPSA) is 131 Å². The van der Waals surface area contributed by atoms with Gasteiger partial charge in [-0.25, -0.2) is 18.7 Å². The lowest BCUT2D eigenvalue weighted by Gasteiger charge is -2.48. The second-order valence-electron chi connectivity index (χ2n) is 9.67. The molecule has 4 aromatic rings. The normalized spacial score (nSPS) is 16.2. The van der Waals surface area contributed by atoms with Gasteiger partial charge in [-0.3, -0.25) is 14.5 Å². The average molecular weight is 538 g/mol. The van der Waals surface area contributed by atoms with Gasteiger partial charge in [0.2, 0.25) is 11.8 Å². The second kappa shape index (κ2) is 10.3. The molecule has 1 saturated heterocycles. The molecule has 14 heteroatoms. The number of rotatable bonds is 6. The summed E-state index contributed by atoms with van der Waals surface area (Å²) in [7, 11) is 0. The van der Waals surface area contributed by atoms with Gasteiger partial charge in [0.15, 0.2) is 23.0 Å². The van der Waals surface area contributed by atoms with Crippen LogP contribution in [0.3, 0.4) is 0 Å². The molecule has 4 heterocycles. The highest BCUT2D eigenvalue weighted by Crippen LogP contribution is 2.26. The Hall–Kier alpha value is -4.59. The molecule has 1 atom stereocenters. The smallest absolute Gasteiger partial charge is 0.274 e. The molecule has 0 aliphatic carbocycles. The lowest BCUT2D eigenvalue weighted by molar-refractivity contribution is -0.122. The highest BCUT2D eigenvalue weighted by Gasteiger charge is 2.40. The first kappa shape index (κ1) is 26.0. The van der Waals surface area contributed by atoms with Crippen LogP contribution >= 0.6 is 0 Å². The Labute approximate surface area is 221 Å². The fourth-order valence-electron chi connectivity index (χ4n) is 4.38. The molecule has 12 nitrogen and oxygen atoms in total. The van der Waals surface area contributed by atoms with Crippen LogP contribution in [0.5, 0.6) is 11.6 Å². The maximum Gasteiger partial charge on any atom is 0.274 e. The third-order valence-electron chi connectivity index (χ3n) is 6.47. The standard InChI is InChI=1S/C25H25F2N9O3/c1-15(23(37)31-20-11-29-22(12-28-20)39-19-6-4-16(26)10-17(19)27)34-8-9-35(25(2,3)13-34)24(38)18-5-7-21-32-30-14-36(21)33-18/h4-7,10-12,14-15H,8-9,13H2,1-3H3,(H,28,31,37)/t15-/m0/s1. The van der Waals surface area contributed by atoms with Gasteiger partial charge in [0.1, 0.15) is 17.8 Å². The van der Waals surface area contributed by atoms with E-state index in [0.29, 0.717) is 31.3 Å². The van der Waals surface area contributed by atoms with E-state index in [2.05, 4.69) is 30.6 Å². The van der Waals surface area contributed by atoms with Crippen LogP contribution in [-0.2, 0) is 4.79 Å². The van der Waals surface area contributed by atoms with Crippen molar-refractivity contribution in [1.29, 1.82) is 0 Å². The molecule has 1 fully saturated rings. The number of nitrogens with zero attached hydrogens (tertiary/aromatic N) is 8. The minimum Gasteiger partial charge on any atom is -0.434 e. The number of piperazine rings is 1. The van der Waals surface area contributed by atoms with Gasteiger partial charge in [-0.05, 0) is 45.0 Å². The SMILES string of the molecule is C[C@@H](C(=O)Nc1cnc(Oc2ccc(F)cc2F)cn1)N1CCN(C(=O)c2ccc3nncn3n2)C(C)(C)C1. The molecule has 3 aromatic heterocycles. The molecule has 2 amide bonds. The van der Waals surface area contributed by atoms with E-state index >= 15 is 0 Å². The summed E-state index contributed by atoms with van der Waals surface area (Å²) in [4.78, 5) is 38.1. The fourth-order valence-corrected chi connectivity index (χ4v) is 4.38. The molecule has 0 saturated carbocycles. The Morgan fingerprint density at radius 1 is 1.10 bits per heavy atom. The number of hydrogen-bond acceptors (Lipinski definition) is 9. The van der Waals surface area contributed by atoms with Crippen LogP contribution < -0.4 is 10.1 Å². The summed E-state index contributed by atoms with van der Waals surface area (Å²) < 4.78 is 33.6. The zero-order valence-electron chi connectivity index (χ0n) is 21.4. The van der Waals surface area contributed by atoms with Gasteiger partial charge in [0.25, 0.3) is 5.91 Å². The van der Waals surface area contributed by atoms with Gasteiger partial charge in [0.05, 0.1) is 24.0 Å². The summed E-state index contributed by atoms with van der Waals surface area (Å²) in [6.45, 7) is 6.97. The molecular formula is C25H25F2N9O3. The number of carbonyl (C=O) groups is 2. The van der Waals surface area contributed by atoms with Crippen molar-refractivity contribution < 1.29 is 23.1 Å². The van der Waals surface area contributed by atoms with Gasteiger partial charge in [0, 0.05) is 25.7 Å². The molecule has 1 aromatic carbocycles. The third kappa shape index (κ3) is 5.50. The number of carbonyl (C=O) groups excluding carboxylic acids is 2. The summed E-state index contributed by atoms with van der Waals surface area (Å²) in [5.74, 6) is -2.17. The van der Waals surface area contributed by atoms with Gasteiger partial charge in [-0.2, -0.15) is 9.61 Å². The number of halogens is 2. The first-order chi connectivity index (χ1) is 18.6. The molecule has 0 bridgehead atoms. The van der Waals surface area contributed by atoms with Crippen molar-refractivity contribution in [3.63, 3.8) is 0 Å². The monoisotopic (exact) mass is 537 g/mol. The summed E-state index contributed by atoms with van der Waals surface area (Å²) in [5, 5.41) is 14.7. The maximum atomic E-state index is 13.8. The Morgan fingerprint density at radius 3 is 2.64 bits per heavy atom. The summed E-state index contributed by atoms with van der Waals surface area (Å²) in [6, 6.07) is 5.69. The molecule has 1 aliphatic rings. The fraction of sp³-hybridized carbons (Fsp3) is 0.320. The highest BCUT2D eigenvalue weighted by atomic mass is 19.1. The Kier molecular flexibility index (Phi) is 6.87. The summed E-state index contributed by atoms with van der Waals surface area (Å²) in [6.07, 6.45) is 3.94. The number of aromatic nitrogens is 6. The number of ether oxygens (including phenoxy) is 1. The van der Waals surface area contributed by atoms with Crippen LogP contribution in [0.1, 0.15) is 31.3 Å². The molecule has 202 valence electrons. The minimum absolute atomic E-state index is 0.0213. The Balaban J connectivity index is 1.19. The van der Waals surface area contributed by atoms with E-state index in [4.69, 9.17) is 4.74 Å². The van der Waals surface area contributed by atoms with E-state index in [1.807, 2.05) is 18.7 Å². The van der Waals surface area contributed by atoms with Crippen LogP contribution in [0.15, 0.2) is 49.1 Å². The first-order valence-electron chi connectivity index (χ1n) is 12.1. The van der Waals surface area contributed by atoms with E-state index in [0.717, 1.165) is 12.1 Å². The number of benzene rings is 1. The van der Waals surface area contributed by atoms with Crippen molar-refractivity contribution in [2.75, 3.05) is 25.0 Å². The van der Waals surface area contributed by atoms with Crippen molar-refractivity contribution in [2.45, 2.75) is 32.4 Å². The predicted octanol–water partition coefficient (Wildman–Crippen LogP) is 2.55. The lowest BCUT2D eigenvalue weighted by Crippen LogP contribution is -2.63. The Morgan fingerprint density at radius 2 is 1.92 bits per heavy atom. The minimum atomic E-state index is -0.874. The number of amides is 2. The average Bonchev–Trinajstić information content (AvgIpc) is 3.38. The lowest BCUT2D eigenvalue weighted by atomic mass is 9.96. The van der Waals surface area contributed by atoms with Crippen molar-refractivity contribution in [1.82, 2.24) is 39.6 Å². The quantitative estimate of drug-likeness (QED) is 0.394. The molecule has 1 aliphatic heterocycles. The number of fused-ring (bicyclic) bond motifs is 1.